The Morgan fingerprint density at radius 2 is 1.93 bits per heavy atom. The normalized spacial score (nSPS) is 14.7. The molecule has 0 spiro atoms. The molecule has 0 saturated carbocycles. The molecule has 2 aromatic rings. The average molecular weight is 408 g/mol. The van der Waals surface area contributed by atoms with E-state index >= 15 is 0 Å². The zero-order valence-electron chi connectivity index (χ0n) is 17.5. The van der Waals surface area contributed by atoms with Crippen molar-refractivity contribution in [1.82, 2.24) is 10.2 Å². The fourth-order valence-electron chi connectivity index (χ4n) is 3.65. The van der Waals surface area contributed by atoms with E-state index in [-0.39, 0.29) is 11.9 Å². The van der Waals surface area contributed by atoms with Gasteiger partial charge in [0.1, 0.15) is 0 Å². The summed E-state index contributed by atoms with van der Waals surface area (Å²) < 4.78 is 11.0. The van der Waals surface area contributed by atoms with Crippen LogP contribution in [0.3, 0.4) is 0 Å². The van der Waals surface area contributed by atoms with Gasteiger partial charge in [-0.2, -0.15) is 5.26 Å². The van der Waals surface area contributed by atoms with E-state index < -0.39 is 0 Å². The molecule has 1 aliphatic rings. The van der Waals surface area contributed by atoms with Crippen molar-refractivity contribution in [3.05, 3.63) is 59.7 Å². The Labute approximate surface area is 178 Å². The number of carbonyl (C=O) groups is 1. The Balaban J connectivity index is 1.32. The number of hydrogen-bond donors (Lipinski definition) is 1. The average Bonchev–Trinajstić information content (AvgIpc) is 2.78. The second-order valence-electron chi connectivity index (χ2n) is 7.53. The largest absolute Gasteiger partial charge is 0.493 e. The van der Waals surface area contributed by atoms with E-state index in [0.717, 1.165) is 32.5 Å². The van der Waals surface area contributed by atoms with Crippen LogP contribution in [0.25, 0.3) is 0 Å². The van der Waals surface area contributed by atoms with Crippen molar-refractivity contribution in [2.45, 2.75) is 38.3 Å². The van der Waals surface area contributed by atoms with Crippen molar-refractivity contribution in [3.63, 3.8) is 0 Å². The van der Waals surface area contributed by atoms with Gasteiger partial charge in [-0.15, -0.1) is 0 Å². The zero-order valence-corrected chi connectivity index (χ0v) is 17.5. The minimum Gasteiger partial charge on any atom is -0.493 e. The van der Waals surface area contributed by atoms with Gasteiger partial charge in [0.15, 0.2) is 11.5 Å². The number of amides is 1. The molecule has 1 saturated heterocycles. The van der Waals surface area contributed by atoms with Gasteiger partial charge in [-0.05, 0) is 37.0 Å². The van der Waals surface area contributed by atoms with Crippen LogP contribution in [0, 0.1) is 11.3 Å². The molecule has 0 aliphatic carbocycles. The first-order chi connectivity index (χ1) is 14.7. The molecule has 158 valence electrons. The molecule has 30 heavy (non-hydrogen) atoms. The van der Waals surface area contributed by atoms with Gasteiger partial charge in [-0.3, -0.25) is 9.69 Å². The van der Waals surface area contributed by atoms with Gasteiger partial charge in [0.25, 0.3) is 0 Å². The maximum absolute atomic E-state index is 12.3. The third-order valence-electron chi connectivity index (χ3n) is 5.30. The van der Waals surface area contributed by atoms with Gasteiger partial charge in [-0.25, -0.2) is 0 Å². The highest BCUT2D eigenvalue weighted by atomic mass is 16.5. The lowest BCUT2D eigenvalue weighted by molar-refractivity contribution is -0.122. The Hall–Kier alpha value is -3.04. The molecule has 1 N–H and O–H groups in total. The molecule has 1 aliphatic heterocycles. The minimum absolute atomic E-state index is 0.0758. The molecule has 2 aromatic carbocycles. The number of nitriles is 1. The van der Waals surface area contributed by atoms with Crippen molar-refractivity contribution < 1.29 is 14.3 Å². The topological polar surface area (TPSA) is 74.6 Å². The third-order valence-corrected chi connectivity index (χ3v) is 5.30. The number of ether oxygens (including phenoxy) is 2. The minimum atomic E-state index is 0.0758. The van der Waals surface area contributed by atoms with Crippen molar-refractivity contribution in [3.8, 4) is 17.6 Å². The number of nitrogens with zero attached hydrogens (tertiary/aromatic N) is 2. The number of piperidine rings is 1. The summed E-state index contributed by atoms with van der Waals surface area (Å²) in [6.07, 6.45) is 3.03. The first-order valence-corrected chi connectivity index (χ1v) is 10.4. The molecule has 6 heteroatoms. The Bertz CT molecular complexity index is 856. The lowest BCUT2D eigenvalue weighted by Gasteiger charge is -2.32. The van der Waals surface area contributed by atoms with E-state index in [2.05, 4.69) is 40.6 Å². The molecule has 0 aromatic heterocycles. The number of rotatable bonds is 9. The van der Waals surface area contributed by atoms with Crippen LogP contribution >= 0.6 is 0 Å². The maximum atomic E-state index is 12.3. The molecule has 1 amide bonds. The standard InChI is InChI=1S/C24H29N3O3/c1-29-23-16-20(17-25)9-10-22(23)30-15-5-8-24(28)26-21-11-13-27(14-12-21)18-19-6-3-2-4-7-19/h2-4,6-7,9-10,16,21H,5,8,11-15,18H2,1H3,(H,26,28). The molecule has 0 unspecified atom stereocenters. The molecule has 0 atom stereocenters. The Morgan fingerprint density at radius 1 is 1.17 bits per heavy atom. The highest BCUT2D eigenvalue weighted by molar-refractivity contribution is 5.76. The Morgan fingerprint density at radius 3 is 2.63 bits per heavy atom. The molecule has 6 nitrogen and oxygen atoms in total. The summed E-state index contributed by atoms with van der Waals surface area (Å²) in [5.41, 5.74) is 1.85. The number of benzene rings is 2. The van der Waals surface area contributed by atoms with Crippen LogP contribution in [0.15, 0.2) is 48.5 Å². The predicted octanol–water partition coefficient (Wildman–Crippen LogP) is 3.51. The smallest absolute Gasteiger partial charge is 0.220 e. The van der Waals surface area contributed by atoms with Gasteiger partial charge in [0, 0.05) is 38.2 Å². The van der Waals surface area contributed by atoms with Gasteiger partial charge in [0.05, 0.1) is 25.3 Å². The number of nitrogens with one attached hydrogen (secondary N) is 1. The molecule has 3 rings (SSSR count). The summed E-state index contributed by atoms with van der Waals surface area (Å²) in [7, 11) is 1.54. The van der Waals surface area contributed by atoms with Crippen molar-refractivity contribution in [2.75, 3.05) is 26.8 Å². The first-order valence-electron chi connectivity index (χ1n) is 10.4. The molecular formula is C24H29N3O3. The van der Waals surface area contributed by atoms with Crippen LogP contribution < -0.4 is 14.8 Å². The second kappa shape index (κ2) is 11.2. The number of carbonyl (C=O) groups excluding carboxylic acids is 1. The van der Waals surface area contributed by atoms with Gasteiger partial charge in [-0.1, -0.05) is 30.3 Å². The molecule has 1 fully saturated rings. The lowest BCUT2D eigenvalue weighted by atomic mass is 10.0. The number of methoxy groups -OCH3 is 1. The lowest BCUT2D eigenvalue weighted by Crippen LogP contribution is -2.44. The van der Waals surface area contributed by atoms with Gasteiger partial charge in [0.2, 0.25) is 5.91 Å². The van der Waals surface area contributed by atoms with E-state index in [1.54, 1.807) is 25.3 Å². The summed E-state index contributed by atoms with van der Waals surface area (Å²) in [6, 6.07) is 17.9. The van der Waals surface area contributed by atoms with E-state index in [9.17, 15) is 4.79 Å². The number of likely N-dealkylation sites (tertiary alicyclic amines) is 1. The number of hydrogen-bond acceptors (Lipinski definition) is 5. The second-order valence-corrected chi connectivity index (χ2v) is 7.53. The monoisotopic (exact) mass is 407 g/mol. The van der Waals surface area contributed by atoms with Crippen LogP contribution in [-0.2, 0) is 11.3 Å². The quantitative estimate of drug-likeness (QED) is 0.644. The zero-order chi connectivity index (χ0) is 21.2. The fourth-order valence-corrected chi connectivity index (χ4v) is 3.65. The summed E-state index contributed by atoms with van der Waals surface area (Å²) in [4.78, 5) is 14.7. The van der Waals surface area contributed by atoms with E-state index in [1.807, 2.05) is 6.07 Å². The molecule has 1 heterocycles. The molecule has 0 radical (unpaired) electrons. The molecule has 0 bridgehead atoms. The van der Waals surface area contributed by atoms with Crippen LogP contribution in [0.4, 0.5) is 0 Å². The SMILES string of the molecule is COc1cc(C#N)ccc1OCCCC(=O)NC1CCN(Cc2ccccc2)CC1. The fraction of sp³-hybridized carbons (Fsp3) is 0.417. The van der Waals surface area contributed by atoms with E-state index in [4.69, 9.17) is 14.7 Å². The van der Waals surface area contributed by atoms with E-state index in [0.29, 0.717) is 36.5 Å². The Kier molecular flexibility index (Phi) is 8.10. The van der Waals surface area contributed by atoms with Crippen LogP contribution in [0.5, 0.6) is 11.5 Å². The van der Waals surface area contributed by atoms with Crippen molar-refractivity contribution in [2.24, 2.45) is 0 Å². The highest BCUT2D eigenvalue weighted by Crippen LogP contribution is 2.28. The van der Waals surface area contributed by atoms with Crippen molar-refractivity contribution in [1.29, 1.82) is 5.26 Å². The summed E-state index contributed by atoms with van der Waals surface area (Å²) in [5, 5.41) is 12.1. The predicted molar refractivity (Wildman–Crippen MR) is 115 cm³/mol. The van der Waals surface area contributed by atoms with Crippen LogP contribution in [-0.4, -0.2) is 43.7 Å². The highest BCUT2D eigenvalue weighted by Gasteiger charge is 2.20. The first kappa shape index (κ1) is 21.7. The summed E-state index contributed by atoms with van der Waals surface area (Å²) in [5.74, 6) is 1.19. The van der Waals surface area contributed by atoms with Crippen molar-refractivity contribution >= 4 is 5.91 Å². The summed E-state index contributed by atoms with van der Waals surface area (Å²) >= 11 is 0. The van der Waals surface area contributed by atoms with Crippen LogP contribution in [0.1, 0.15) is 36.8 Å². The van der Waals surface area contributed by atoms with Gasteiger partial charge < -0.3 is 14.8 Å². The van der Waals surface area contributed by atoms with Crippen LogP contribution in [0.2, 0.25) is 0 Å². The molecular weight excluding hydrogens is 378 g/mol. The third kappa shape index (κ3) is 6.50. The maximum Gasteiger partial charge on any atom is 0.220 e. The van der Waals surface area contributed by atoms with Gasteiger partial charge >= 0.3 is 0 Å². The van der Waals surface area contributed by atoms with E-state index in [1.165, 1.54) is 5.56 Å². The summed E-state index contributed by atoms with van der Waals surface area (Å²) in [6.45, 7) is 3.39.